The Balaban J connectivity index is 4.17. The van der Waals surface area contributed by atoms with Crippen LogP contribution in [0.1, 0.15) is 44.9 Å². The topological polar surface area (TPSA) is 127 Å². The van der Waals surface area contributed by atoms with E-state index in [0.717, 1.165) is 25.0 Å². The zero-order chi connectivity index (χ0) is 15.4. The van der Waals surface area contributed by atoms with Crippen LogP contribution in [-0.4, -0.2) is 23.4 Å². The van der Waals surface area contributed by atoms with E-state index in [4.69, 9.17) is 11.7 Å². The number of carbonyl (C=O) groups excluding carboxylic acids is 3. The van der Waals surface area contributed by atoms with Crippen LogP contribution < -0.4 is 22.5 Å². The van der Waals surface area contributed by atoms with E-state index in [2.05, 4.69) is 12.6 Å². The monoisotopic (exact) mass is 304 g/mol. The number of hydrogen-bond donors (Lipinski definition) is 5. The number of nitrogens with two attached hydrogens (primary N) is 2. The van der Waals surface area contributed by atoms with Crippen molar-refractivity contribution in [1.82, 2.24) is 10.9 Å². The summed E-state index contributed by atoms with van der Waals surface area (Å²) in [7, 11) is 0. The van der Waals surface area contributed by atoms with Crippen LogP contribution in [0, 0.1) is 5.92 Å². The molecule has 7 nitrogen and oxygen atoms in total. The van der Waals surface area contributed by atoms with E-state index >= 15 is 0 Å². The van der Waals surface area contributed by atoms with Crippen molar-refractivity contribution in [2.24, 2.45) is 17.6 Å². The van der Waals surface area contributed by atoms with Gasteiger partial charge in [0.05, 0.1) is 0 Å². The Kier molecular flexibility index (Phi) is 11.0. The van der Waals surface area contributed by atoms with E-state index < -0.39 is 11.8 Å². The molecule has 1 unspecified atom stereocenters. The van der Waals surface area contributed by atoms with Crippen LogP contribution in [0.15, 0.2) is 0 Å². The Morgan fingerprint density at radius 3 is 2.25 bits per heavy atom. The molecule has 8 heteroatoms. The zero-order valence-electron chi connectivity index (χ0n) is 11.6. The van der Waals surface area contributed by atoms with Gasteiger partial charge in [-0.05, 0) is 25.0 Å². The lowest BCUT2D eigenvalue weighted by atomic mass is 9.94. The van der Waals surface area contributed by atoms with Crippen LogP contribution in [0.5, 0.6) is 0 Å². The molecule has 0 aromatic carbocycles. The minimum atomic E-state index is -0.588. The summed E-state index contributed by atoms with van der Waals surface area (Å²) in [4.78, 5) is 34.4. The highest BCUT2D eigenvalue weighted by Crippen LogP contribution is 2.14. The second-order valence-electron chi connectivity index (χ2n) is 4.59. The molecule has 0 aromatic heterocycles. The van der Waals surface area contributed by atoms with Gasteiger partial charge in [0.15, 0.2) is 0 Å². The molecule has 0 bridgehead atoms. The predicted molar refractivity (Wildman–Crippen MR) is 79.3 cm³/mol. The quantitative estimate of drug-likeness (QED) is 0.119. The standard InChI is InChI=1S/C12H24N4O3S/c13-15-11(18)6-5-9(12(19)16-14)8-10(17)4-2-1-3-7-20/h9,20H,1-8,13-14H2,(H,15,18)(H,16,19). The first-order chi connectivity index (χ1) is 9.54. The maximum atomic E-state index is 11.8. The summed E-state index contributed by atoms with van der Waals surface area (Å²) in [5.41, 5.74) is 4.01. The molecule has 0 saturated carbocycles. The highest BCUT2D eigenvalue weighted by atomic mass is 32.1. The van der Waals surface area contributed by atoms with Gasteiger partial charge >= 0.3 is 0 Å². The summed E-state index contributed by atoms with van der Waals surface area (Å²) >= 11 is 4.10. The zero-order valence-corrected chi connectivity index (χ0v) is 12.5. The lowest BCUT2D eigenvalue weighted by Gasteiger charge is -2.14. The maximum Gasteiger partial charge on any atom is 0.237 e. The first-order valence-corrected chi connectivity index (χ1v) is 7.30. The SMILES string of the molecule is NNC(=O)CCC(CC(=O)CCCCCS)C(=O)NN. The molecule has 0 spiro atoms. The minimum Gasteiger partial charge on any atom is -0.300 e. The highest BCUT2D eigenvalue weighted by Gasteiger charge is 2.21. The molecular weight excluding hydrogens is 280 g/mol. The number of ketones is 1. The summed E-state index contributed by atoms with van der Waals surface area (Å²) in [6, 6.07) is 0. The number of unbranched alkanes of at least 4 members (excludes halogenated alkanes) is 2. The van der Waals surface area contributed by atoms with Gasteiger partial charge in [0.25, 0.3) is 0 Å². The Hall–Kier alpha value is -1.12. The fourth-order valence-corrected chi connectivity index (χ4v) is 2.03. The number of amides is 2. The van der Waals surface area contributed by atoms with Crippen molar-refractivity contribution in [3.8, 4) is 0 Å². The molecule has 0 radical (unpaired) electrons. The summed E-state index contributed by atoms with van der Waals surface area (Å²) < 4.78 is 0. The Labute approximate surface area is 124 Å². The smallest absolute Gasteiger partial charge is 0.237 e. The van der Waals surface area contributed by atoms with Crippen molar-refractivity contribution in [3.63, 3.8) is 0 Å². The fraction of sp³-hybridized carbons (Fsp3) is 0.750. The molecule has 0 aliphatic carbocycles. The Bertz CT molecular complexity index is 326. The van der Waals surface area contributed by atoms with Crippen molar-refractivity contribution in [1.29, 1.82) is 0 Å². The normalized spacial score (nSPS) is 11.8. The van der Waals surface area contributed by atoms with Gasteiger partial charge in [-0.15, -0.1) is 0 Å². The third-order valence-corrected chi connectivity index (χ3v) is 3.30. The van der Waals surface area contributed by atoms with E-state index in [1.165, 1.54) is 0 Å². The molecule has 2 amide bonds. The van der Waals surface area contributed by atoms with Crippen LogP contribution in [0.2, 0.25) is 0 Å². The third-order valence-electron chi connectivity index (χ3n) is 2.98. The number of carbonyl (C=O) groups is 3. The molecule has 6 N–H and O–H groups in total. The molecule has 0 aliphatic heterocycles. The Morgan fingerprint density at radius 1 is 1.00 bits per heavy atom. The number of Topliss-reactive ketones (excluding diaryl/α,β-unsaturated/α-hetero) is 1. The number of nitrogens with one attached hydrogen (secondary N) is 2. The average molecular weight is 304 g/mol. The molecular formula is C12H24N4O3S. The number of hydrogen-bond acceptors (Lipinski definition) is 6. The first-order valence-electron chi connectivity index (χ1n) is 6.67. The second kappa shape index (κ2) is 11.7. The van der Waals surface area contributed by atoms with Gasteiger partial charge < -0.3 is 0 Å². The highest BCUT2D eigenvalue weighted by molar-refractivity contribution is 7.80. The number of hydrazine groups is 2. The van der Waals surface area contributed by atoms with Gasteiger partial charge in [0.1, 0.15) is 5.78 Å². The van der Waals surface area contributed by atoms with E-state index in [0.29, 0.717) is 6.42 Å². The average Bonchev–Trinajstić information content (AvgIpc) is 2.46. The van der Waals surface area contributed by atoms with E-state index in [1.807, 2.05) is 10.9 Å². The van der Waals surface area contributed by atoms with Crippen molar-refractivity contribution in [2.75, 3.05) is 5.75 Å². The van der Waals surface area contributed by atoms with E-state index in [9.17, 15) is 14.4 Å². The lowest BCUT2D eigenvalue weighted by molar-refractivity contribution is -0.130. The van der Waals surface area contributed by atoms with Crippen LogP contribution in [-0.2, 0) is 14.4 Å². The molecule has 20 heavy (non-hydrogen) atoms. The van der Waals surface area contributed by atoms with E-state index in [-0.39, 0.29) is 31.0 Å². The van der Waals surface area contributed by atoms with Crippen LogP contribution >= 0.6 is 12.6 Å². The summed E-state index contributed by atoms with van der Waals surface area (Å²) in [5, 5.41) is 0. The van der Waals surface area contributed by atoms with Crippen LogP contribution in [0.25, 0.3) is 0 Å². The van der Waals surface area contributed by atoms with Crippen molar-refractivity contribution >= 4 is 30.2 Å². The molecule has 0 aromatic rings. The third kappa shape index (κ3) is 8.89. The van der Waals surface area contributed by atoms with Gasteiger partial charge in [0.2, 0.25) is 11.8 Å². The molecule has 0 saturated heterocycles. The fourth-order valence-electron chi connectivity index (χ4n) is 1.81. The lowest BCUT2D eigenvalue weighted by Crippen LogP contribution is -2.38. The molecule has 0 heterocycles. The van der Waals surface area contributed by atoms with Crippen molar-refractivity contribution in [2.45, 2.75) is 44.9 Å². The van der Waals surface area contributed by atoms with Gasteiger partial charge in [0, 0.05) is 25.2 Å². The predicted octanol–water partition coefficient (Wildman–Crippen LogP) is -0.188. The van der Waals surface area contributed by atoms with Gasteiger partial charge in [-0.3, -0.25) is 25.2 Å². The molecule has 0 fully saturated rings. The largest absolute Gasteiger partial charge is 0.300 e. The minimum absolute atomic E-state index is 0.00548. The van der Waals surface area contributed by atoms with Gasteiger partial charge in [-0.1, -0.05) is 6.42 Å². The van der Waals surface area contributed by atoms with Crippen LogP contribution in [0.3, 0.4) is 0 Å². The van der Waals surface area contributed by atoms with Gasteiger partial charge in [-0.2, -0.15) is 12.6 Å². The first kappa shape index (κ1) is 18.9. The Morgan fingerprint density at radius 2 is 1.70 bits per heavy atom. The summed E-state index contributed by atoms with van der Waals surface area (Å²) in [6.45, 7) is 0. The van der Waals surface area contributed by atoms with Crippen LogP contribution in [0.4, 0.5) is 0 Å². The van der Waals surface area contributed by atoms with Gasteiger partial charge in [-0.25, -0.2) is 11.7 Å². The maximum absolute atomic E-state index is 11.8. The number of thiol groups is 1. The van der Waals surface area contributed by atoms with Crippen molar-refractivity contribution in [3.05, 3.63) is 0 Å². The van der Waals surface area contributed by atoms with E-state index in [1.54, 1.807) is 0 Å². The number of rotatable bonds is 11. The summed E-state index contributed by atoms with van der Waals surface area (Å²) in [5.74, 6) is 9.46. The molecule has 116 valence electrons. The second-order valence-corrected chi connectivity index (χ2v) is 5.04. The molecule has 1 atom stereocenters. The molecule has 0 aliphatic rings. The van der Waals surface area contributed by atoms with Crippen molar-refractivity contribution < 1.29 is 14.4 Å². The summed E-state index contributed by atoms with van der Waals surface area (Å²) in [6.07, 6.45) is 3.57. The molecule has 0 rings (SSSR count).